The summed E-state index contributed by atoms with van der Waals surface area (Å²) in [7, 11) is 0. The van der Waals surface area contributed by atoms with Crippen molar-refractivity contribution in [3.05, 3.63) is 180 Å². The van der Waals surface area contributed by atoms with E-state index in [1.165, 1.54) is 43.2 Å². The Kier molecular flexibility index (Phi) is 10.1. The highest BCUT2D eigenvalue weighted by Gasteiger charge is 2.25. The van der Waals surface area contributed by atoms with Gasteiger partial charge in [-0.1, -0.05) is 207 Å². The molecule has 0 aromatic heterocycles. The zero-order valence-corrected chi connectivity index (χ0v) is 26.6. The molecule has 6 rings (SSSR count). The van der Waals surface area contributed by atoms with Crippen LogP contribution in [-0.4, -0.2) is 28.3 Å². The third kappa shape index (κ3) is 7.77. The van der Waals surface area contributed by atoms with E-state index >= 15 is 0 Å². The zero-order valence-electron chi connectivity index (χ0n) is 24.2. The maximum atomic E-state index is 2.31. The minimum Gasteiger partial charge on any atom is -0.0986 e. The van der Waals surface area contributed by atoms with Crippen molar-refractivity contribution < 1.29 is 0 Å². The van der Waals surface area contributed by atoms with Crippen molar-refractivity contribution in [2.24, 2.45) is 0 Å². The molecule has 0 bridgehead atoms. The van der Waals surface area contributed by atoms with E-state index in [9.17, 15) is 0 Å². The zero-order chi connectivity index (χ0) is 28.4. The molecule has 41 heavy (non-hydrogen) atoms. The molecule has 0 spiro atoms. The van der Waals surface area contributed by atoms with Gasteiger partial charge in [-0.25, -0.2) is 0 Å². The van der Waals surface area contributed by atoms with Crippen molar-refractivity contribution >= 4 is 54.8 Å². The first-order valence-corrected chi connectivity index (χ1v) is 17.9. The van der Waals surface area contributed by atoms with Gasteiger partial charge in [0.15, 0.2) is 0 Å². The first-order valence-electron chi connectivity index (χ1n) is 14.4. The van der Waals surface area contributed by atoms with Crippen molar-refractivity contribution in [3.8, 4) is 0 Å². The molecule has 0 saturated heterocycles. The number of benzene rings is 6. The minimum atomic E-state index is -1.37. The van der Waals surface area contributed by atoms with Crippen LogP contribution in [0.1, 0.15) is 16.7 Å². The van der Waals surface area contributed by atoms with Crippen LogP contribution in [0.4, 0.5) is 0 Å². The monoisotopic (exact) mass is 558 g/mol. The number of aryl methyl sites for hydroxylation is 3. The fourth-order valence-corrected chi connectivity index (χ4v) is 11.2. The number of hydrogen-bond acceptors (Lipinski definition) is 0. The summed E-state index contributed by atoms with van der Waals surface area (Å²) in [6, 6.07) is 59.9. The highest BCUT2D eigenvalue weighted by Crippen LogP contribution is 2.02. The molecule has 0 aliphatic heterocycles. The van der Waals surface area contributed by atoms with E-state index in [1.54, 1.807) is 0 Å². The van der Waals surface area contributed by atoms with Gasteiger partial charge in [-0.3, -0.25) is 0 Å². The second kappa shape index (κ2) is 14.3. The summed E-state index contributed by atoms with van der Waals surface area (Å²) in [6.45, 7) is 6.45. The van der Waals surface area contributed by atoms with Crippen LogP contribution in [0.2, 0.25) is 0 Å². The summed E-state index contributed by atoms with van der Waals surface area (Å²) in [5.41, 5.74) is 3.97. The number of rotatable bonds is 6. The largest absolute Gasteiger partial charge is 0.383 e. The third-order valence-corrected chi connectivity index (χ3v) is 13.9. The van der Waals surface area contributed by atoms with Gasteiger partial charge in [0.05, 0.1) is 0 Å². The van der Waals surface area contributed by atoms with Crippen LogP contribution in [0.15, 0.2) is 164 Å². The Morgan fingerprint density at radius 1 is 0.244 bits per heavy atom. The van der Waals surface area contributed by atoms with Gasteiger partial charge in [-0.15, -0.1) is 0 Å². The van der Waals surface area contributed by atoms with Crippen molar-refractivity contribution in [3.63, 3.8) is 0 Å². The average Bonchev–Trinajstić information content (AvgIpc) is 3.02. The first kappa shape index (κ1) is 28.9. The van der Waals surface area contributed by atoms with E-state index in [2.05, 4.69) is 185 Å². The minimum absolute atomic E-state index is 1.31. The summed E-state index contributed by atoms with van der Waals surface area (Å²) in [5.74, 6) is 0. The molecule has 6 aromatic rings. The van der Waals surface area contributed by atoms with Crippen molar-refractivity contribution in [1.29, 1.82) is 0 Å². The van der Waals surface area contributed by atoms with Gasteiger partial charge in [0.1, 0.15) is 0 Å². The maximum absolute atomic E-state index is 2.31. The fourth-order valence-electron chi connectivity index (χ4n) is 5.37. The quantitative estimate of drug-likeness (QED) is 0.243. The molecular formula is C39H36Al2. The van der Waals surface area contributed by atoms with Gasteiger partial charge in [0.2, 0.25) is 0 Å². The Bertz CT molecular complexity index is 1410. The smallest absolute Gasteiger partial charge is 0.0986 e. The molecule has 0 atom stereocenters. The van der Waals surface area contributed by atoms with Crippen LogP contribution in [0.5, 0.6) is 0 Å². The summed E-state index contributed by atoms with van der Waals surface area (Å²) >= 11 is -2.68. The van der Waals surface area contributed by atoms with Crippen LogP contribution in [0.3, 0.4) is 0 Å². The molecule has 6 aromatic carbocycles. The fraction of sp³-hybridized carbons (Fsp3) is 0.0769. The molecule has 0 aliphatic rings. The van der Waals surface area contributed by atoms with Crippen LogP contribution < -0.4 is 26.6 Å². The predicted molar refractivity (Wildman–Crippen MR) is 182 cm³/mol. The van der Waals surface area contributed by atoms with Crippen LogP contribution in [0.25, 0.3) is 0 Å². The van der Waals surface area contributed by atoms with Gasteiger partial charge in [-0.05, 0) is 20.8 Å². The van der Waals surface area contributed by atoms with Gasteiger partial charge in [0.25, 0.3) is 0 Å². The second-order valence-corrected chi connectivity index (χ2v) is 16.6. The normalized spacial score (nSPS) is 10.3. The molecule has 0 nitrogen and oxygen atoms in total. The molecule has 198 valence electrons. The lowest BCUT2D eigenvalue weighted by atomic mass is 10.2. The van der Waals surface area contributed by atoms with E-state index in [1.807, 2.05) is 0 Å². The van der Waals surface area contributed by atoms with E-state index in [4.69, 9.17) is 0 Å². The number of hydrogen-bond donors (Lipinski definition) is 0. The molecule has 2 heteroatoms. The second-order valence-electron chi connectivity index (χ2n) is 10.8. The molecule has 0 heterocycles. The SMILES string of the molecule is Cc1cc[c]([Al]([c]2ccc(C)cc2)[c]2ccc(C)cc2)cc1.c1cc[c]([Al]([c]2ccccc2)[c]2ccccc2)cc1. The third-order valence-electron chi connectivity index (χ3n) is 7.63. The van der Waals surface area contributed by atoms with Crippen molar-refractivity contribution in [2.45, 2.75) is 20.8 Å². The van der Waals surface area contributed by atoms with E-state index in [-0.39, 0.29) is 0 Å². The van der Waals surface area contributed by atoms with Crippen LogP contribution >= 0.6 is 0 Å². The molecule has 0 amide bonds. The highest BCUT2D eigenvalue weighted by atomic mass is 27.2. The molecule has 0 unspecified atom stereocenters. The summed E-state index contributed by atoms with van der Waals surface area (Å²) < 4.78 is 8.87. The maximum Gasteiger partial charge on any atom is 0.383 e. The Hall–Kier alpha value is -3.62. The summed E-state index contributed by atoms with van der Waals surface area (Å²) in [5, 5.41) is 0. The van der Waals surface area contributed by atoms with Crippen molar-refractivity contribution in [2.75, 3.05) is 0 Å². The molecule has 0 aliphatic carbocycles. The van der Waals surface area contributed by atoms with E-state index in [0.717, 1.165) is 0 Å². The molecular weight excluding hydrogens is 522 g/mol. The van der Waals surface area contributed by atoms with Gasteiger partial charge in [-0.2, -0.15) is 0 Å². The first-order chi connectivity index (χ1) is 20.1. The Morgan fingerprint density at radius 2 is 0.439 bits per heavy atom. The molecule has 0 saturated carbocycles. The topological polar surface area (TPSA) is 0 Å². The lowest BCUT2D eigenvalue weighted by Gasteiger charge is -2.15. The van der Waals surface area contributed by atoms with Crippen molar-refractivity contribution in [1.82, 2.24) is 0 Å². The van der Waals surface area contributed by atoms with E-state index < -0.39 is 28.3 Å². The molecule has 0 N–H and O–H groups in total. The van der Waals surface area contributed by atoms with Gasteiger partial charge in [0, 0.05) is 0 Å². The Labute approximate surface area is 254 Å². The summed E-state index contributed by atoms with van der Waals surface area (Å²) in [4.78, 5) is 0. The van der Waals surface area contributed by atoms with Gasteiger partial charge < -0.3 is 0 Å². The lowest BCUT2D eigenvalue weighted by Crippen LogP contribution is -2.51. The van der Waals surface area contributed by atoms with Crippen LogP contribution in [-0.2, 0) is 0 Å². The standard InChI is InChI=1S/3C7H7.3C6H5.2Al/c3*1-7-5-3-2-4-6-7;3*1-2-4-6-5-3-1;;/h3*3-6H,1H3;3*1-5H;;. The summed E-state index contributed by atoms with van der Waals surface area (Å²) in [6.07, 6.45) is 0. The van der Waals surface area contributed by atoms with Crippen LogP contribution in [0, 0.1) is 20.8 Å². The highest BCUT2D eigenvalue weighted by molar-refractivity contribution is 6.96. The Morgan fingerprint density at radius 3 is 0.659 bits per heavy atom. The molecule has 0 fully saturated rings. The van der Waals surface area contributed by atoms with E-state index in [0.29, 0.717) is 0 Å². The van der Waals surface area contributed by atoms with Gasteiger partial charge >= 0.3 is 28.3 Å². The Balaban J connectivity index is 0.000000166. The average molecular weight is 559 g/mol. The molecule has 0 radical (unpaired) electrons. The predicted octanol–water partition coefficient (Wildman–Crippen LogP) is 5.33. The lowest BCUT2D eigenvalue weighted by molar-refractivity contribution is 1.48.